The predicted molar refractivity (Wildman–Crippen MR) is 140 cm³/mol. The quantitative estimate of drug-likeness (QED) is 0.302. The van der Waals surface area contributed by atoms with Crippen LogP contribution in [0.15, 0.2) is 0 Å². The van der Waals surface area contributed by atoms with Gasteiger partial charge in [-0.2, -0.15) is 0 Å². The topological polar surface area (TPSA) is 138 Å². The summed E-state index contributed by atoms with van der Waals surface area (Å²) in [5, 5.41) is 11.7. The summed E-state index contributed by atoms with van der Waals surface area (Å²) >= 11 is 0. The van der Waals surface area contributed by atoms with E-state index in [0.29, 0.717) is 52.5 Å². The average molecular weight is 563 g/mol. The maximum absolute atomic E-state index is 13.1. The Balaban J connectivity index is 3.28. The molecule has 0 spiro atoms. The number of nitrogens with one attached hydrogen (secondary N) is 1. The predicted octanol–water partition coefficient (Wildman–Crippen LogP) is 3.25. The minimum absolute atomic E-state index is 0.103. The molecule has 1 fully saturated rings. The van der Waals surface area contributed by atoms with Gasteiger partial charge in [-0.15, -0.1) is 0 Å². The van der Waals surface area contributed by atoms with Crippen molar-refractivity contribution in [1.82, 2.24) is 20.0 Å². The molecule has 4 unspecified atom stereocenters. The normalized spacial score (nSPS) is 24.3. The van der Waals surface area contributed by atoms with E-state index in [1.54, 1.807) is 40.8 Å². The fourth-order valence-electron chi connectivity index (χ4n) is 4.21. The minimum Gasteiger partial charge on any atom is -0.465 e. The number of amides is 1. The van der Waals surface area contributed by atoms with E-state index < -0.39 is 28.2 Å². The molecule has 0 aromatic carbocycles. The van der Waals surface area contributed by atoms with Crippen LogP contribution in [-0.2, 0) is 27.3 Å². The van der Waals surface area contributed by atoms with Crippen LogP contribution >= 0.6 is 22.1 Å². The molecule has 0 aromatic rings. The number of carbonyl (C=O) groups is 1. The molecule has 0 aliphatic carbocycles. The molecule has 1 heterocycles. The summed E-state index contributed by atoms with van der Waals surface area (Å²) in [5.74, 6) is 0. The molecule has 2 N–H and O–H groups in total. The zero-order chi connectivity index (χ0) is 26.7. The van der Waals surface area contributed by atoms with E-state index in [0.717, 1.165) is 0 Å². The lowest BCUT2D eigenvalue weighted by atomic mass is 10.2. The van der Waals surface area contributed by atoms with E-state index in [-0.39, 0.29) is 31.4 Å². The molecule has 0 radical (unpaired) electrons. The Bertz CT molecular complexity index is 802. The molecule has 1 aliphatic heterocycles. The van der Waals surface area contributed by atoms with Crippen molar-refractivity contribution < 1.29 is 37.2 Å². The average Bonchev–Trinajstić information content (AvgIpc) is 2.76. The van der Waals surface area contributed by atoms with Crippen LogP contribution in [-0.4, -0.2) is 130 Å². The molecular weight excluding hydrogens is 517 g/mol. The maximum Gasteiger partial charge on any atom is 0.404 e. The number of carboxylic acid groups (broad SMARTS) is 1. The largest absolute Gasteiger partial charge is 0.465 e. The van der Waals surface area contributed by atoms with Gasteiger partial charge in [0, 0.05) is 65.3 Å². The van der Waals surface area contributed by atoms with Crippen molar-refractivity contribution in [3.8, 4) is 0 Å². The highest BCUT2D eigenvalue weighted by Crippen LogP contribution is 2.45. The first-order valence-corrected chi connectivity index (χ1v) is 18.8. The molecule has 1 amide bonds. The van der Waals surface area contributed by atoms with Gasteiger partial charge in [0.15, 0.2) is 0 Å². The highest BCUT2D eigenvalue weighted by molar-refractivity contribution is 7.58. The Labute approximate surface area is 210 Å². The van der Waals surface area contributed by atoms with Gasteiger partial charge in [0.2, 0.25) is 22.1 Å². The van der Waals surface area contributed by atoms with Crippen LogP contribution in [0.1, 0.15) is 20.8 Å². The fourth-order valence-corrected chi connectivity index (χ4v) is 9.11. The van der Waals surface area contributed by atoms with Gasteiger partial charge < -0.3 is 24.0 Å². The van der Waals surface area contributed by atoms with Crippen molar-refractivity contribution >= 4 is 28.2 Å². The van der Waals surface area contributed by atoms with E-state index >= 15 is 0 Å². The van der Waals surface area contributed by atoms with Crippen LogP contribution in [0.25, 0.3) is 0 Å². The van der Waals surface area contributed by atoms with Crippen LogP contribution in [0.4, 0.5) is 4.79 Å². The summed E-state index contributed by atoms with van der Waals surface area (Å²) in [6.07, 6.45) is -0.567. The molecule has 0 saturated carbocycles. The summed E-state index contributed by atoms with van der Waals surface area (Å²) < 4.78 is 55.5. The maximum atomic E-state index is 13.1. The third-order valence-electron chi connectivity index (χ3n) is 5.47. The first kappa shape index (κ1) is 32.7. The van der Waals surface area contributed by atoms with Crippen molar-refractivity contribution in [3.63, 3.8) is 0 Å². The van der Waals surface area contributed by atoms with Gasteiger partial charge in [0.05, 0.1) is 38.7 Å². The van der Waals surface area contributed by atoms with Crippen LogP contribution in [0.2, 0.25) is 0 Å². The summed E-state index contributed by atoms with van der Waals surface area (Å²) in [7, 11) is -8.76. The van der Waals surface area contributed by atoms with Crippen molar-refractivity contribution in [1.29, 1.82) is 0 Å². The van der Waals surface area contributed by atoms with Crippen molar-refractivity contribution in [2.24, 2.45) is 0 Å². The lowest BCUT2D eigenvalue weighted by Gasteiger charge is -2.36. The van der Waals surface area contributed by atoms with Gasteiger partial charge in [0.25, 0.3) is 0 Å². The molecule has 0 bridgehead atoms. The van der Waals surface area contributed by atoms with Crippen LogP contribution in [0, 0.1) is 0 Å². The first-order valence-electron chi connectivity index (χ1n) is 12.0. The third-order valence-corrected chi connectivity index (χ3v) is 10.6. The van der Waals surface area contributed by atoms with Crippen molar-refractivity contribution in [2.75, 3.05) is 97.9 Å². The van der Waals surface area contributed by atoms with E-state index in [4.69, 9.17) is 13.6 Å². The molecular formula is C20H45N4O8P3. The molecule has 1 rings (SSSR count). The standard InChI is InChI=1S/C20H45N4O8P3/c1-7-30-33(4,27)16-22-10-11-23(17-34(5,28)31-8-2)15-19(14-21-20(25)26)24(13-12-22)18-35(6,29)32-9-3/h19,21H,7-18H2,1-6H3,(H,25,26). The number of hydrogen-bond donors (Lipinski definition) is 2. The van der Waals surface area contributed by atoms with Gasteiger partial charge in [-0.25, -0.2) is 4.79 Å². The molecule has 1 aliphatic rings. The van der Waals surface area contributed by atoms with Crippen LogP contribution in [0.5, 0.6) is 0 Å². The Morgan fingerprint density at radius 2 is 1.23 bits per heavy atom. The van der Waals surface area contributed by atoms with Gasteiger partial charge in [-0.1, -0.05) is 0 Å². The second-order valence-corrected chi connectivity index (χ2v) is 16.8. The highest BCUT2D eigenvalue weighted by Gasteiger charge is 2.32. The lowest BCUT2D eigenvalue weighted by molar-refractivity contribution is 0.156. The SMILES string of the molecule is CCOP(C)(=O)CN1CCN(CP(C)(=O)OCC)CC(CNC(=O)O)N(CP(C)(=O)OCC)CC1. The number of nitrogens with zero attached hydrogens (tertiary/aromatic N) is 3. The second kappa shape index (κ2) is 15.2. The monoisotopic (exact) mass is 562 g/mol. The number of rotatable bonds is 14. The Kier molecular flexibility index (Phi) is 14.2. The number of hydrogen-bond acceptors (Lipinski definition) is 10. The summed E-state index contributed by atoms with van der Waals surface area (Å²) in [6, 6.07) is -0.346. The minimum atomic E-state index is -2.98. The zero-order valence-electron chi connectivity index (χ0n) is 22.1. The van der Waals surface area contributed by atoms with E-state index in [9.17, 15) is 23.6 Å². The van der Waals surface area contributed by atoms with Crippen molar-refractivity contribution in [2.45, 2.75) is 26.8 Å². The van der Waals surface area contributed by atoms with Crippen LogP contribution < -0.4 is 5.32 Å². The summed E-state index contributed by atoms with van der Waals surface area (Å²) in [5.41, 5.74) is 0. The van der Waals surface area contributed by atoms with Crippen molar-refractivity contribution in [3.05, 3.63) is 0 Å². The molecule has 0 aromatic heterocycles. The van der Waals surface area contributed by atoms with Crippen LogP contribution in [0.3, 0.4) is 0 Å². The lowest BCUT2D eigenvalue weighted by Crippen LogP contribution is -2.51. The van der Waals surface area contributed by atoms with Gasteiger partial charge in [0.1, 0.15) is 0 Å². The van der Waals surface area contributed by atoms with E-state index in [2.05, 4.69) is 5.32 Å². The summed E-state index contributed by atoms with van der Waals surface area (Å²) in [4.78, 5) is 17.3. The Morgan fingerprint density at radius 3 is 1.71 bits per heavy atom. The molecule has 208 valence electrons. The van der Waals surface area contributed by atoms with Gasteiger partial charge >= 0.3 is 6.09 Å². The van der Waals surface area contributed by atoms with E-state index in [1.807, 2.05) is 14.7 Å². The molecule has 12 nitrogen and oxygen atoms in total. The zero-order valence-corrected chi connectivity index (χ0v) is 24.7. The Hall–Kier alpha value is -0.280. The third kappa shape index (κ3) is 13.7. The van der Waals surface area contributed by atoms with Gasteiger partial charge in [-0.3, -0.25) is 28.4 Å². The molecule has 35 heavy (non-hydrogen) atoms. The summed E-state index contributed by atoms with van der Waals surface area (Å²) in [6.45, 7) is 13.7. The second-order valence-electron chi connectivity index (χ2n) is 9.07. The smallest absolute Gasteiger partial charge is 0.404 e. The molecule has 1 saturated heterocycles. The molecule has 4 atom stereocenters. The fraction of sp³-hybridized carbons (Fsp3) is 0.950. The molecule has 15 heteroatoms. The van der Waals surface area contributed by atoms with Gasteiger partial charge in [-0.05, 0) is 20.8 Å². The highest BCUT2D eigenvalue weighted by atomic mass is 31.2. The van der Waals surface area contributed by atoms with E-state index in [1.165, 1.54) is 0 Å². The Morgan fingerprint density at radius 1 is 0.800 bits per heavy atom. The first-order chi connectivity index (χ1) is 16.2.